The highest BCUT2D eigenvalue weighted by molar-refractivity contribution is 7.80. The Morgan fingerprint density at radius 3 is 2.47 bits per heavy atom. The molecule has 2 aromatic rings. The first-order chi connectivity index (χ1) is 8.99. The van der Waals surface area contributed by atoms with Crippen LogP contribution in [0, 0.1) is 11.6 Å². The summed E-state index contributed by atoms with van der Waals surface area (Å²) < 4.78 is 27.9. The van der Waals surface area contributed by atoms with E-state index in [0.717, 1.165) is 17.0 Å². The molecule has 1 aromatic carbocycles. The highest BCUT2D eigenvalue weighted by Crippen LogP contribution is 2.26. The summed E-state index contributed by atoms with van der Waals surface area (Å²) in [5.74, 6) is -1.33. The average Bonchev–Trinajstić information content (AvgIpc) is 2.80. The van der Waals surface area contributed by atoms with Crippen molar-refractivity contribution in [1.29, 1.82) is 0 Å². The molecule has 0 amide bonds. The van der Waals surface area contributed by atoms with Crippen LogP contribution in [0.25, 0.3) is 0 Å². The van der Waals surface area contributed by atoms with Gasteiger partial charge in [-0.15, -0.1) is 11.3 Å². The molecule has 0 radical (unpaired) electrons. The smallest absolute Gasteiger partial charge is 0.150 e. The Bertz CT molecular complexity index is 574. The summed E-state index contributed by atoms with van der Waals surface area (Å²) in [6.07, 6.45) is 0. The van der Waals surface area contributed by atoms with Gasteiger partial charge < -0.3 is 10.6 Å². The third-order valence-corrected chi connectivity index (χ3v) is 3.75. The first kappa shape index (κ1) is 13.9. The van der Waals surface area contributed by atoms with E-state index >= 15 is 0 Å². The lowest BCUT2D eigenvalue weighted by Crippen LogP contribution is -2.20. The lowest BCUT2D eigenvalue weighted by atomic mass is 10.1. The number of nitrogens with zero attached hydrogens (tertiary/aromatic N) is 1. The lowest BCUT2D eigenvalue weighted by molar-refractivity contribution is 0.576. The van der Waals surface area contributed by atoms with E-state index in [1.165, 1.54) is 16.2 Å². The molecule has 1 aromatic heterocycles. The van der Waals surface area contributed by atoms with Gasteiger partial charge in [0.15, 0.2) is 0 Å². The van der Waals surface area contributed by atoms with Crippen molar-refractivity contribution < 1.29 is 8.78 Å². The van der Waals surface area contributed by atoms with Gasteiger partial charge in [-0.2, -0.15) is 0 Å². The Morgan fingerprint density at radius 2 is 2.00 bits per heavy atom. The summed E-state index contributed by atoms with van der Waals surface area (Å²) in [6, 6.07) is 6.13. The van der Waals surface area contributed by atoms with Crippen molar-refractivity contribution in [2.24, 2.45) is 5.73 Å². The Labute approximate surface area is 119 Å². The third kappa shape index (κ3) is 3.08. The van der Waals surface area contributed by atoms with E-state index in [1.807, 2.05) is 17.5 Å². The fourth-order valence-electron chi connectivity index (χ4n) is 1.79. The molecule has 0 unspecified atom stereocenters. The van der Waals surface area contributed by atoms with Crippen LogP contribution in [0.3, 0.4) is 0 Å². The highest BCUT2D eigenvalue weighted by Gasteiger charge is 2.16. The molecular weight excluding hydrogens is 286 g/mol. The molecule has 2 N–H and O–H groups in total. The molecule has 19 heavy (non-hydrogen) atoms. The van der Waals surface area contributed by atoms with Crippen molar-refractivity contribution in [1.82, 2.24) is 0 Å². The van der Waals surface area contributed by atoms with Crippen LogP contribution < -0.4 is 10.6 Å². The van der Waals surface area contributed by atoms with Gasteiger partial charge in [-0.05, 0) is 23.6 Å². The summed E-state index contributed by atoms with van der Waals surface area (Å²) >= 11 is 6.25. The first-order valence-electron chi connectivity index (χ1n) is 5.51. The molecule has 0 fully saturated rings. The number of hydrogen-bond acceptors (Lipinski definition) is 3. The lowest BCUT2D eigenvalue weighted by Gasteiger charge is -2.20. The van der Waals surface area contributed by atoms with E-state index < -0.39 is 11.6 Å². The van der Waals surface area contributed by atoms with E-state index in [9.17, 15) is 8.78 Å². The molecule has 0 bridgehead atoms. The average molecular weight is 298 g/mol. The summed E-state index contributed by atoms with van der Waals surface area (Å²) in [6.45, 7) is 0.442. The molecule has 6 heteroatoms. The Morgan fingerprint density at radius 1 is 1.37 bits per heavy atom. The summed E-state index contributed by atoms with van der Waals surface area (Å²) in [5.41, 5.74) is 5.49. The number of nitrogens with two attached hydrogens (primary N) is 1. The molecule has 0 aliphatic rings. The molecule has 0 atom stereocenters. The van der Waals surface area contributed by atoms with E-state index in [0.29, 0.717) is 6.54 Å². The minimum Gasteiger partial charge on any atom is -0.389 e. The number of benzene rings is 1. The largest absolute Gasteiger partial charge is 0.389 e. The molecule has 0 aliphatic heterocycles. The SMILES string of the molecule is CN(Cc1cccs1)c1c(F)cc(C(N)=S)cc1F. The van der Waals surface area contributed by atoms with E-state index in [1.54, 1.807) is 7.05 Å². The van der Waals surface area contributed by atoms with Gasteiger partial charge in [0.05, 0.1) is 6.54 Å². The fraction of sp³-hybridized carbons (Fsp3) is 0.154. The second-order valence-corrected chi connectivity index (χ2v) is 5.56. The monoisotopic (exact) mass is 298 g/mol. The zero-order chi connectivity index (χ0) is 14.0. The second-order valence-electron chi connectivity index (χ2n) is 4.09. The van der Waals surface area contributed by atoms with E-state index in [4.69, 9.17) is 18.0 Å². The van der Waals surface area contributed by atoms with Crippen LogP contribution in [-0.2, 0) is 6.54 Å². The van der Waals surface area contributed by atoms with E-state index in [2.05, 4.69) is 0 Å². The van der Waals surface area contributed by atoms with Gasteiger partial charge >= 0.3 is 0 Å². The molecular formula is C13H12F2N2S2. The van der Waals surface area contributed by atoms with Crippen LogP contribution in [0.2, 0.25) is 0 Å². The van der Waals surface area contributed by atoms with Crippen molar-refractivity contribution in [2.75, 3.05) is 11.9 Å². The number of hydrogen-bond donors (Lipinski definition) is 1. The predicted molar refractivity (Wildman–Crippen MR) is 78.7 cm³/mol. The second kappa shape index (κ2) is 5.63. The third-order valence-electron chi connectivity index (χ3n) is 2.66. The molecule has 100 valence electrons. The summed E-state index contributed by atoms with van der Waals surface area (Å²) in [4.78, 5) is 2.53. The van der Waals surface area contributed by atoms with Gasteiger partial charge in [0.1, 0.15) is 22.3 Å². The van der Waals surface area contributed by atoms with Gasteiger partial charge in [0, 0.05) is 17.5 Å². The Kier molecular flexibility index (Phi) is 4.11. The minimum atomic E-state index is -0.665. The topological polar surface area (TPSA) is 29.3 Å². The number of halogens is 2. The molecule has 2 rings (SSSR count). The van der Waals surface area contributed by atoms with Crippen molar-refractivity contribution >= 4 is 34.2 Å². The van der Waals surface area contributed by atoms with Crippen LogP contribution >= 0.6 is 23.6 Å². The van der Waals surface area contributed by atoms with Crippen LogP contribution in [0.15, 0.2) is 29.6 Å². The zero-order valence-corrected chi connectivity index (χ0v) is 11.8. The van der Waals surface area contributed by atoms with Gasteiger partial charge in [-0.3, -0.25) is 0 Å². The maximum Gasteiger partial charge on any atom is 0.150 e. The highest BCUT2D eigenvalue weighted by atomic mass is 32.1. The van der Waals surface area contributed by atoms with Crippen molar-refractivity contribution in [2.45, 2.75) is 6.54 Å². The van der Waals surface area contributed by atoms with Gasteiger partial charge in [-0.25, -0.2) is 8.78 Å². The molecule has 0 saturated heterocycles. The van der Waals surface area contributed by atoms with Gasteiger partial charge in [0.2, 0.25) is 0 Å². The van der Waals surface area contributed by atoms with E-state index in [-0.39, 0.29) is 16.2 Å². The standard InChI is InChI=1S/C13H12F2N2S2/c1-17(7-9-3-2-4-19-9)12-10(14)5-8(13(16)18)6-11(12)15/h2-6H,7H2,1H3,(H2,16,18). The number of anilines is 1. The first-order valence-corrected chi connectivity index (χ1v) is 6.80. The maximum absolute atomic E-state index is 14.0. The van der Waals surface area contributed by atoms with Crippen LogP contribution in [0.1, 0.15) is 10.4 Å². The molecule has 1 heterocycles. The quantitative estimate of drug-likeness (QED) is 0.878. The normalized spacial score (nSPS) is 10.5. The zero-order valence-electron chi connectivity index (χ0n) is 10.2. The molecule has 0 saturated carbocycles. The van der Waals surface area contributed by atoms with Crippen molar-refractivity contribution in [3.63, 3.8) is 0 Å². The summed E-state index contributed by atoms with van der Waals surface area (Å²) in [5, 5.41) is 1.92. The molecule has 0 spiro atoms. The van der Waals surface area contributed by atoms with Crippen LogP contribution in [0.5, 0.6) is 0 Å². The van der Waals surface area contributed by atoms with Gasteiger partial charge in [0.25, 0.3) is 0 Å². The Balaban J connectivity index is 2.31. The summed E-state index contributed by atoms with van der Waals surface area (Å²) in [7, 11) is 1.64. The maximum atomic E-state index is 14.0. The van der Waals surface area contributed by atoms with Crippen molar-refractivity contribution in [3.8, 4) is 0 Å². The van der Waals surface area contributed by atoms with Crippen LogP contribution in [-0.4, -0.2) is 12.0 Å². The number of rotatable bonds is 4. The predicted octanol–water partition coefficient (Wildman–Crippen LogP) is 3.30. The molecule has 2 nitrogen and oxygen atoms in total. The fourth-order valence-corrected chi connectivity index (χ4v) is 2.66. The molecule has 0 aliphatic carbocycles. The number of thiophene rings is 1. The van der Waals surface area contributed by atoms with Crippen molar-refractivity contribution in [3.05, 3.63) is 51.7 Å². The van der Waals surface area contributed by atoms with Gasteiger partial charge in [-0.1, -0.05) is 18.3 Å². The minimum absolute atomic E-state index is 0.0229. The van der Waals surface area contributed by atoms with Crippen LogP contribution in [0.4, 0.5) is 14.5 Å². The Hall–Kier alpha value is -1.53. The number of thiocarbonyl (C=S) groups is 1.